The van der Waals surface area contributed by atoms with Crippen molar-refractivity contribution in [1.29, 1.82) is 0 Å². The highest BCUT2D eigenvalue weighted by Crippen LogP contribution is 2.33. The lowest BCUT2D eigenvalue weighted by Crippen LogP contribution is -2.28. The molecule has 0 radical (unpaired) electrons. The maximum atomic E-state index is 3.79. The Bertz CT molecular complexity index is 381. The maximum Gasteiger partial charge on any atom is 0.0328 e. The Morgan fingerprint density at radius 2 is 2.38 bits per heavy atom. The van der Waals surface area contributed by atoms with Gasteiger partial charge in [0.25, 0.3) is 0 Å². The lowest BCUT2D eigenvalue weighted by molar-refractivity contribution is 0.456. The van der Waals surface area contributed by atoms with E-state index < -0.39 is 0 Å². The number of hydrogen-bond acceptors (Lipinski definition) is 1. The third-order valence-electron chi connectivity index (χ3n) is 3.51. The van der Waals surface area contributed by atoms with Crippen molar-refractivity contribution in [2.24, 2.45) is 0 Å². The van der Waals surface area contributed by atoms with Gasteiger partial charge in [-0.2, -0.15) is 0 Å². The molecule has 0 aliphatic heterocycles. The summed E-state index contributed by atoms with van der Waals surface area (Å²) >= 11 is 0. The molecule has 1 aliphatic carbocycles. The second kappa shape index (κ2) is 4.84. The van der Waals surface area contributed by atoms with Crippen molar-refractivity contribution in [2.75, 3.05) is 0 Å². The summed E-state index contributed by atoms with van der Waals surface area (Å²) in [6.45, 7) is 8.24. The summed E-state index contributed by atoms with van der Waals surface area (Å²) in [6.07, 6.45) is 5.49. The van der Waals surface area contributed by atoms with Gasteiger partial charge in [-0.3, -0.25) is 0 Å². The van der Waals surface area contributed by atoms with Crippen LogP contribution in [0.3, 0.4) is 0 Å². The third kappa shape index (κ3) is 2.19. The van der Waals surface area contributed by atoms with E-state index in [1.807, 2.05) is 6.08 Å². The van der Waals surface area contributed by atoms with E-state index in [1.54, 1.807) is 5.56 Å². The Kier molecular flexibility index (Phi) is 3.45. The fourth-order valence-corrected chi connectivity index (χ4v) is 2.67. The molecule has 0 saturated carbocycles. The van der Waals surface area contributed by atoms with Crippen LogP contribution < -0.4 is 5.32 Å². The van der Waals surface area contributed by atoms with Crippen LogP contribution in [0.15, 0.2) is 30.9 Å². The smallest absolute Gasteiger partial charge is 0.0328 e. The summed E-state index contributed by atoms with van der Waals surface area (Å²) < 4.78 is 0. The maximum absolute atomic E-state index is 3.79. The molecule has 0 saturated heterocycles. The van der Waals surface area contributed by atoms with Crippen LogP contribution in [0.25, 0.3) is 0 Å². The first-order valence-corrected chi connectivity index (χ1v) is 6.17. The first kappa shape index (κ1) is 11.4. The minimum Gasteiger partial charge on any atom is -0.307 e. The second-order valence-corrected chi connectivity index (χ2v) is 4.83. The molecule has 1 nitrogen and oxygen atoms in total. The Balaban J connectivity index is 2.11. The van der Waals surface area contributed by atoms with Crippen molar-refractivity contribution in [3.05, 3.63) is 47.5 Å². The van der Waals surface area contributed by atoms with Gasteiger partial charge in [0.2, 0.25) is 0 Å². The number of benzene rings is 1. The number of fused-ring (bicyclic) bond motifs is 1. The first-order chi connectivity index (χ1) is 7.72. The van der Waals surface area contributed by atoms with Crippen molar-refractivity contribution in [3.8, 4) is 0 Å². The molecule has 1 aromatic carbocycles. The fourth-order valence-electron chi connectivity index (χ4n) is 2.67. The standard InChI is InChI=1S/C15H21N/c1-4-6-12(3)16-15-10-9-13-11(2)7-5-8-14(13)15/h4-5,7-8,12,15-16H,1,6,9-10H2,2-3H3. The van der Waals surface area contributed by atoms with Gasteiger partial charge in [0.05, 0.1) is 0 Å². The van der Waals surface area contributed by atoms with Crippen LogP contribution in [0.5, 0.6) is 0 Å². The van der Waals surface area contributed by atoms with E-state index in [2.05, 4.69) is 43.9 Å². The zero-order valence-corrected chi connectivity index (χ0v) is 10.3. The lowest BCUT2D eigenvalue weighted by atomic mass is 10.0. The molecule has 1 N–H and O–H groups in total. The molecular formula is C15H21N. The second-order valence-electron chi connectivity index (χ2n) is 4.83. The highest BCUT2D eigenvalue weighted by molar-refractivity contribution is 5.40. The average Bonchev–Trinajstić information content (AvgIpc) is 2.64. The number of nitrogens with one attached hydrogen (secondary N) is 1. The Morgan fingerprint density at radius 1 is 1.56 bits per heavy atom. The van der Waals surface area contributed by atoms with Gasteiger partial charge in [0, 0.05) is 12.1 Å². The predicted molar refractivity (Wildman–Crippen MR) is 69.7 cm³/mol. The van der Waals surface area contributed by atoms with E-state index >= 15 is 0 Å². The summed E-state index contributed by atoms with van der Waals surface area (Å²) in [5.41, 5.74) is 4.51. The van der Waals surface area contributed by atoms with Crippen LogP contribution in [0.4, 0.5) is 0 Å². The van der Waals surface area contributed by atoms with Gasteiger partial charge in [-0.1, -0.05) is 24.3 Å². The van der Waals surface area contributed by atoms with Crippen molar-refractivity contribution in [2.45, 2.75) is 45.2 Å². The summed E-state index contributed by atoms with van der Waals surface area (Å²) in [4.78, 5) is 0. The third-order valence-corrected chi connectivity index (χ3v) is 3.51. The zero-order chi connectivity index (χ0) is 11.5. The predicted octanol–water partition coefficient (Wildman–Crippen LogP) is 3.54. The number of aryl methyl sites for hydroxylation is 1. The van der Waals surface area contributed by atoms with E-state index in [4.69, 9.17) is 0 Å². The van der Waals surface area contributed by atoms with Crippen LogP contribution in [-0.2, 0) is 6.42 Å². The first-order valence-electron chi connectivity index (χ1n) is 6.17. The molecule has 0 bridgehead atoms. The van der Waals surface area contributed by atoms with Crippen molar-refractivity contribution in [3.63, 3.8) is 0 Å². The molecule has 1 aliphatic rings. The zero-order valence-electron chi connectivity index (χ0n) is 10.3. The highest BCUT2D eigenvalue weighted by atomic mass is 14.9. The molecule has 86 valence electrons. The lowest BCUT2D eigenvalue weighted by Gasteiger charge is -2.19. The van der Waals surface area contributed by atoms with E-state index in [9.17, 15) is 0 Å². The van der Waals surface area contributed by atoms with Gasteiger partial charge in [-0.25, -0.2) is 0 Å². The molecule has 0 fully saturated rings. The van der Waals surface area contributed by atoms with Crippen LogP contribution in [0.2, 0.25) is 0 Å². The van der Waals surface area contributed by atoms with Crippen molar-refractivity contribution < 1.29 is 0 Å². The summed E-state index contributed by atoms with van der Waals surface area (Å²) in [7, 11) is 0. The van der Waals surface area contributed by atoms with Crippen LogP contribution in [0.1, 0.15) is 42.5 Å². The Labute approximate surface area is 98.6 Å². The fraction of sp³-hybridized carbons (Fsp3) is 0.467. The number of rotatable bonds is 4. The summed E-state index contributed by atoms with van der Waals surface area (Å²) in [5, 5.41) is 3.69. The van der Waals surface area contributed by atoms with Crippen LogP contribution in [-0.4, -0.2) is 6.04 Å². The molecule has 2 rings (SSSR count). The molecule has 16 heavy (non-hydrogen) atoms. The van der Waals surface area contributed by atoms with Crippen LogP contribution in [0, 0.1) is 6.92 Å². The van der Waals surface area contributed by atoms with Gasteiger partial charge in [-0.15, -0.1) is 6.58 Å². The SMILES string of the molecule is C=CCC(C)NC1CCc2c(C)cccc21. The highest BCUT2D eigenvalue weighted by Gasteiger charge is 2.23. The van der Waals surface area contributed by atoms with Crippen molar-refractivity contribution >= 4 is 0 Å². The minimum atomic E-state index is 0.522. The Morgan fingerprint density at radius 3 is 3.12 bits per heavy atom. The number of hydrogen-bond donors (Lipinski definition) is 1. The van der Waals surface area contributed by atoms with Gasteiger partial charge in [0.1, 0.15) is 0 Å². The van der Waals surface area contributed by atoms with Gasteiger partial charge in [-0.05, 0) is 49.8 Å². The molecule has 0 aromatic heterocycles. The molecule has 2 unspecified atom stereocenters. The van der Waals surface area contributed by atoms with Crippen LogP contribution >= 0.6 is 0 Å². The summed E-state index contributed by atoms with van der Waals surface area (Å²) in [5.74, 6) is 0. The monoisotopic (exact) mass is 215 g/mol. The summed E-state index contributed by atoms with van der Waals surface area (Å²) in [6, 6.07) is 7.73. The van der Waals surface area contributed by atoms with E-state index in [0.717, 1.165) is 6.42 Å². The molecule has 0 amide bonds. The molecular weight excluding hydrogens is 194 g/mol. The van der Waals surface area contributed by atoms with Gasteiger partial charge in [0.15, 0.2) is 0 Å². The molecule has 0 heterocycles. The topological polar surface area (TPSA) is 12.0 Å². The van der Waals surface area contributed by atoms with E-state index in [1.165, 1.54) is 24.0 Å². The van der Waals surface area contributed by atoms with E-state index in [-0.39, 0.29) is 0 Å². The normalized spacial score (nSPS) is 20.5. The minimum absolute atomic E-state index is 0.522. The Hall–Kier alpha value is -1.08. The van der Waals surface area contributed by atoms with Crippen molar-refractivity contribution in [1.82, 2.24) is 5.32 Å². The quantitative estimate of drug-likeness (QED) is 0.758. The largest absolute Gasteiger partial charge is 0.307 e. The average molecular weight is 215 g/mol. The molecule has 0 spiro atoms. The molecule has 1 aromatic rings. The molecule has 1 heteroatoms. The molecule has 2 atom stereocenters. The van der Waals surface area contributed by atoms with Gasteiger partial charge < -0.3 is 5.32 Å². The van der Waals surface area contributed by atoms with E-state index in [0.29, 0.717) is 12.1 Å². The van der Waals surface area contributed by atoms with Gasteiger partial charge >= 0.3 is 0 Å².